The van der Waals surface area contributed by atoms with E-state index in [2.05, 4.69) is 0 Å². The zero-order valence-electron chi connectivity index (χ0n) is 15.2. The monoisotopic (exact) mass is 360 g/mol. The maximum atomic E-state index is 12.5. The summed E-state index contributed by atoms with van der Waals surface area (Å²) in [4.78, 5) is 42.4. The fourth-order valence-corrected chi connectivity index (χ4v) is 2.28. The maximum Gasteiger partial charge on any atom is 0.355 e. The third-order valence-electron chi connectivity index (χ3n) is 3.41. The Hall–Kier alpha value is -1.87. The number of amides is 2. The van der Waals surface area contributed by atoms with Crippen molar-refractivity contribution in [3.05, 3.63) is 0 Å². The third kappa shape index (κ3) is 7.27. The standard InChI is InChI=1S/C16H28N2O7/c1-4-7-14(19)25-18-9-8-13(23-6-3)17(16(18)21)12-15(20)24-11-10-22-5-2/h13H,4-12H2,1-3H3. The predicted octanol–water partition coefficient (Wildman–Crippen LogP) is 1.31. The zero-order valence-corrected chi connectivity index (χ0v) is 15.2. The van der Waals surface area contributed by atoms with Gasteiger partial charge in [-0.25, -0.2) is 9.59 Å². The first kappa shape index (κ1) is 21.2. The first-order chi connectivity index (χ1) is 12.0. The van der Waals surface area contributed by atoms with E-state index in [1.807, 2.05) is 13.8 Å². The summed E-state index contributed by atoms with van der Waals surface area (Å²) in [6, 6.07) is -0.587. The van der Waals surface area contributed by atoms with Crippen molar-refractivity contribution in [1.29, 1.82) is 0 Å². The lowest BCUT2D eigenvalue weighted by atomic mass is 10.2. The van der Waals surface area contributed by atoms with Gasteiger partial charge in [0.15, 0.2) is 0 Å². The minimum atomic E-state index is -0.587. The van der Waals surface area contributed by atoms with Crippen molar-refractivity contribution in [2.75, 3.05) is 39.5 Å². The van der Waals surface area contributed by atoms with Gasteiger partial charge in [-0.2, -0.15) is 5.06 Å². The minimum absolute atomic E-state index is 0.114. The van der Waals surface area contributed by atoms with Crippen LogP contribution in [-0.4, -0.2) is 73.7 Å². The summed E-state index contributed by atoms with van der Waals surface area (Å²) in [5.74, 6) is -1.05. The van der Waals surface area contributed by atoms with Crippen LogP contribution >= 0.6 is 0 Å². The molecule has 1 unspecified atom stereocenters. The molecular formula is C16H28N2O7. The molecule has 0 spiro atoms. The molecule has 9 nitrogen and oxygen atoms in total. The number of hydrogen-bond donors (Lipinski definition) is 0. The lowest BCUT2D eigenvalue weighted by molar-refractivity contribution is -0.193. The van der Waals surface area contributed by atoms with Crippen LogP contribution in [0.25, 0.3) is 0 Å². The first-order valence-corrected chi connectivity index (χ1v) is 8.67. The highest BCUT2D eigenvalue weighted by Gasteiger charge is 2.37. The van der Waals surface area contributed by atoms with Crippen LogP contribution in [0.15, 0.2) is 0 Å². The van der Waals surface area contributed by atoms with Crippen molar-refractivity contribution >= 4 is 18.0 Å². The molecule has 9 heteroatoms. The number of carbonyl (C=O) groups excluding carboxylic acids is 3. The highest BCUT2D eigenvalue weighted by Crippen LogP contribution is 2.18. The number of urea groups is 1. The van der Waals surface area contributed by atoms with E-state index in [0.717, 1.165) is 5.06 Å². The van der Waals surface area contributed by atoms with Gasteiger partial charge >= 0.3 is 18.0 Å². The van der Waals surface area contributed by atoms with Crippen molar-refractivity contribution in [3.8, 4) is 0 Å². The minimum Gasteiger partial charge on any atom is -0.462 e. The van der Waals surface area contributed by atoms with Gasteiger partial charge in [0, 0.05) is 26.1 Å². The zero-order chi connectivity index (χ0) is 18.7. The lowest BCUT2D eigenvalue weighted by Crippen LogP contribution is -2.57. The Labute approximate surface area is 148 Å². The Morgan fingerprint density at radius 3 is 2.52 bits per heavy atom. The van der Waals surface area contributed by atoms with Crippen LogP contribution in [0.1, 0.15) is 40.0 Å². The molecule has 1 aliphatic rings. The average Bonchev–Trinajstić information content (AvgIpc) is 2.58. The molecule has 0 aromatic carbocycles. The summed E-state index contributed by atoms with van der Waals surface area (Å²) >= 11 is 0. The summed E-state index contributed by atoms with van der Waals surface area (Å²) in [6.07, 6.45) is 0.708. The molecule has 0 aromatic rings. The van der Waals surface area contributed by atoms with E-state index in [0.29, 0.717) is 32.7 Å². The van der Waals surface area contributed by atoms with Gasteiger partial charge in [-0.1, -0.05) is 6.92 Å². The van der Waals surface area contributed by atoms with Gasteiger partial charge in [-0.05, 0) is 20.3 Å². The predicted molar refractivity (Wildman–Crippen MR) is 87.3 cm³/mol. The summed E-state index contributed by atoms with van der Waals surface area (Å²) in [5, 5.41) is 0.973. The van der Waals surface area contributed by atoms with Crippen LogP contribution < -0.4 is 0 Å². The molecule has 1 fully saturated rings. The van der Waals surface area contributed by atoms with E-state index in [4.69, 9.17) is 19.0 Å². The molecule has 0 aliphatic carbocycles. The van der Waals surface area contributed by atoms with E-state index >= 15 is 0 Å². The molecule has 0 N–H and O–H groups in total. The van der Waals surface area contributed by atoms with Gasteiger partial charge in [-0.3, -0.25) is 9.69 Å². The Balaban J connectivity index is 2.63. The van der Waals surface area contributed by atoms with Crippen LogP contribution in [0, 0.1) is 0 Å². The van der Waals surface area contributed by atoms with Gasteiger partial charge in [0.25, 0.3) is 0 Å². The number of nitrogens with zero attached hydrogens (tertiary/aromatic N) is 2. The van der Waals surface area contributed by atoms with E-state index in [1.165, 1.54) is 4.90 Å². The number of hydroxylamine groups is 2. The number of carbonyl (C=O) groups is 3. The molecule has 1 aliphatic heterocycles. The number of rotatable bonds is 11. The Morgan fingerprint density at radius 1 is 1.12 bits per heavy atom. The summed E-state index contributed by atoms with van der Waals surface area (Å²) in [7, 11) is 0. The number of hydrogen-bond acceptors (Lipinski definition) is 7. The van der Waals surface area contributed by atoms with Crippen LogP contribution in [0.2, 0.25) is 0 Å². The van der Waals surface area contributed by atoms with E-state index < -0.39 is 24.2 Å². The van der Waals surface area contributed by atoms with Gasteiger partial charge in [-0.15, -0.1) is 0 Å². The smallest absolute Gasteiger partial charge is 0.355 e. The molecule has 144 valence electrons. The van der Waals surface area contributed by atoms with E-state index in [9.17, 15) is 14.4 Å². The molecule has 2 amide bonds. The second-order valence-corrected chi connectivity index (χ2v) is 5.34. The Bertz CT molecular complexity index is 444. The summed E-state index contributed by atoms with van der Waals surface area (Å²) in [5.41, 5.74) is 0. The SMILES string of the molecule is CCCC(=O)ON1CCC(OCC)N(CC(=O)OCCOCC)C1=O. The molecule has 0 aromatic heterocycles. The topological polar surface area (TPSA) is 94.6 Å². The van der Waals surface area contributed by atoms with Crippen LogP contribution in [-0.2, 0) is 28.6 Å². The van der Waals surface area contributed by atoms with E-state index in [1.54, 1.807) is 6.92 Å². The fraction of sp³-hybridized carbons (Fsp3) is 0.812. The van der Waals surface area contributed by atoms with Gasteiger partial charge < -0.3 is 19.0 Å². The molecule has 25 heavy (non-hydrogen) atoms. The highest BCUT2D eigenvalue weighted by molar-refractivity contribution is 5.82. The van der Waals surface area contributed by atoms with Gasteiger partial charge in [0.1, 0.15) is 19.4 Å². The van der Waals surface area contributed by atoms with Crippen molar-refractivity contribution < 1.29 is 33.4 Å². The molecule has 1 saturated heterocycles. The van der Waals surface area contributed by atoms with Crippen molar-refractivity contribution in [3.63, 3.8) is 0 Å². The normalized spacial score (nSPS) is 17.6. The Kier molecular flexibility index (Phi) is 9.86. The quantitative estimate of drug-likeness (QED) is 0.405. The maximum absolute atomic E-state index is 12.5. The lowest BCUT2D eigenvalue weighted by Gasteiger charge is -2.38. The average molecular weight is 360 g/mol. The van der Waals surface area contributed by atoms with Crippen LogP contribution in [0.3, 0.4) is 0 Å². The molecular weight excluding hydrogens is 332 g/mol. The van der Waals surface area contributed by atoms with Crippen LogP contribution in [0.5, 0.6) is 0 Å². The van der Waals surface area contributed by atoms with E-state index in [-0.39, 0.29) is 26.1 Å². The van der Waals surface area contributed by atoms with Crippen molar-refractivity contribution in [1.82, 2.24) is 9.96 Å². The van der Waals surface area contributed by atoms with Gasteiger partial charge in [0.2, 0.25) is 0 Å². The number of esters is 1. The summed E-state index contributed by atoms with van der Waals surface area (Å²) < 4.78 is 15.6. The third-order valence-corrected chi connectivity index (χ3v) is 3.41. The molecule has 1 atom stereocenters. The largest absolute Gasteiger partial charge is 0.462 e. The Morgan fingerprint density at radius 2 is 1.88 bits per heavy atom. The van der Waals surface area contributed by atoms with Crippen molar-refractivity contribution in [2.24, 2.45) is 0 Å². The van der Waals surface area contributed by atoms with Crippen LogP contribution in [0.4, 0.5) is 4.79 Å². The fourth-order valence-electron chi connectivity index (χ4n) is 2.28. The molecule has 1 heterocycles. The van der Waals surface area contributed by atoms with Gasteiger partial charge in [0.05, 0.1) is 13.2 Å². The summed E-state index contributed by atoms with van der Waals surface area (Å²) in [6.45, 7) is 6.76. The highest BCUT2D eigenvalue weighted by atomic mass is 16.7. The molecule has 0 bridgehead atoms. The van der Waals surface area contributed by atoms with Crippen molar-refractivity contribution in [2.45, 2.75) is 46.3 Å². The second-order valence-electron chi connectivity index (χ2n) is 5.34. The molecule has 1 rings (SSSR count). The number of ether oxygens (including phenoxy) is 3. The first-order valence-electron chi connectivity index (χ1n) is 8.67. The molecule has 0 saturated carbocycles. The second kappa shape index (κ2) is 11.6. The molecule has 0 radical (unpaired) electrons.